The molecule has 5 aromatic heterocycles. The standard InChI is InChI=1S/C54H32N6/c1-2-15-36(16-3-1)58-46-24-11-7-19-39(46)41-30-34(25-26-47(41)58)33-13-12-14-35(29-33)49-32-57-51-48-31-45-50(59(48)52-53(60(49)51)56-28-27-55-52)40-20-6-10-23-44(40)54(45)42-21-8-4-17-37(42)38-18-5-9-22-43(38)54/h1-32H. The van der Waals surface area contributed by atoms with Gasteiger partial charge in [0.1, 0.15) is 0 Å². The first-order chi connectivity index (χ1) is 29.8. The second kappa shape index (κ2) is 11.5. The molecule has 0 aliphatic heterocycles. The van der Waals surface area contributed by atoms with Crippen molar-refractivity contribution in [2.24, 2.45) is 0 Å². The van der Waals surface area contributed by atoms with E-state index in [1.807, 2.05) is 6.20 Å². The van der Waals surface area contributed by atoms with Crippen molar-refractivity contribution in [2.45, 2.75) is 5.41 Å². The van der Waals surface area contributed by atoms with E-state index in [0.717, 1.165) is 56.2 Å². The molecule has 0 saturated heterocycles. The quantitative estimate of drug-likeness (QED) is 0.180. The van der Waals surface area contributed by atoms with Crippen LogP contribution in [0.15, 0.2) is 195 Å². The molecule has 6 heteroatoms. The SMILES string of the molecule is c1ccc(-n2c3ccccc3c3cc(-c4cccc(-c5cnc6c7cc8c(n7c7nccnc7n56)-c5ccccc5C85c6ccccc6-c6ccccc65)c4)ccc32)cc1. The Labute approximate surface area is 343 Å². The third-order valence-corrected chi connectivity index (χ3v) is 13.2. The average Bonchev–Trinajstić information content (AvgIpc) is 4.12. The van der Waals surface area contributed by atoms with E-state index in [0.29, 0.717) is 0 Å². The Hall–Kier alpha value is -8.09. The minimum Gasteiger partial charge on any atom is -0.309 e. The van der Waals surface area contributed by atoms with Crippen LogP contribution in [0.1, 0.15) is 22.3 Å². The van der Waals surface area contributed by atoms with Crippen molar-refractivity contribution in [3.63, 3.8) is 0 Å². The molecule has 5 heterocycles. The van der Waals surface area contributed by atoms with Gasteiger partial charge in [-0.2, -0.15) is 0 Å². The van der Waals surface area contributed by atoms with Crippen LogP contribution in [0.5, 0.6) is 0 Å². The fourth-order valence-corrected chi connectivity index (χ4v) is 10.9. The molecule has 0 saturated carbocycles. The number of fused-ring (bicyclic) bond motifs is 20. The van der Waals surface area contributed by atoms with Crippen LogP contribution in [0.4, 0.5) is 0 Å². The van der Waals surface area contributed by atoms with Crippen molar-refractivity contribution < 1.29 is 0 Å². The molecule has 0 fully saturated rings. The molecule has 14 rings (SSSR count). The highest BCUT2D eigenvalue weighted by Crippen LogP contribution is 2.63. The first-order valence-corrected chi connectivity index (χ1v) is 20.4. The molecule has 0 radical (unpaired) electrons. The van der Waals surface area contributed by atoms with Gasteiger partial charge in [0.15, 0.2) is 16.9 Å². The summed E-state index contributed by atoms with van der Waals surface area (Å²) in [7, 11) is 0. The van der Waals surface area contributed by atoms with E-state index in [1.165, 1.54) is 60.8 Å². The highest BCUT2D eigenvalue weighted by atomic mass is 15.1. The maximum atomic E-state index is 5.23. The summed E-state index contributed by atoms with van der Waals surface area (Å²) in [6.07, 6.45) is 5.59. The zero-order chi connectivity index (χ0) is 39.1. The molecular weight excluding hydrogens is 733 g/mol. The summed E-state index contributed by atoms with van der Waals surface area (Å²) in [5.74, 6) is 0. The van der Waals surface area contributed by atoms with Crippen LogP contribution < -0.4 is 0 Å². The van der Waals surface area contributed by atoms with Gasteiger partial charge in [0.05, 0.1) is 39.5 Å². The molecule has 0 atom stereocenters. The van der Waals surface area contributed by atoms with Crippen LogP contribution in [0.25, 0.3) is 94.7 Å². The Kier molecular flexibility index (Phi) is 6.13. The van der Waals surface area contributed by atoms with E-state index in [4.69, 9.17) is 15.0 Å². The molecule has 2 aliphatic rings. The van der Waals surface area contributed by atoms with Crippen molar-refractivity contribution in [1.29, 1.82) is 0 Å². The van der Waals surface area contributed by atoms with Gasteiger partial charge in [0.2, 0.25) is 0 Å². The van der Waals surface area contributed by atoms with Crippen LogP contribution in [0.3, 0.4) is 0 Å². The highest BCUT2D eigenvalue weighted by Gasteiger charge is 2.53. The van der Waals surface area contributed by atoms with Gasteiger partial charge < -0.3 is 4.57 Å². The summed E-state index contributed by atoms with van der Waals surface area (Å²) in [5, 5.41) is 2.46. The Morgan fingerprint density at radius 3 is 1.78 bits per heavy atom. The van der Waals surface area contributed by atoms with Crippen LogP contribution in [-0.2, 0) is 5.41 Å². The lowest BCUT2D eigenvalue weighted by Crippen LogP contribution is -2.25. The zero-order valence-electron chi connectivity index (χ0n) is 32.2. The van der Waals surface area contributed by atoms with Crippen molar-refractivity contribution in [3.05, 3.63) is 217 Å². The average molecular weight is 765 g/mol. The topological polar surface area (TPSA) is 52.4 Å². The first kappa shape index (κ1) is 31.9. The minimum atomic E-state index is -0.477. The molecule has 6 nitrogen and oxygen atoms in total. The summed E-state index contributed by atoms with van der Waals surface area (Å²) in [6.45, 7) is 0. The number of hydrogen-bond acceptors (Lipinski definition) is 3. The summed E-state index contributed by atoms with van der Waals surface area (Å²) < 4.78 is 6.88. The number of nitrogens with zero attached hydrogens (tertiary/aromatic N) is 6. The number of benzene rings is 7. The number of imidazole rings is 1. The van der Waals surface area contributed by atoms with Crippen molar-refractivity contribution >= 4 is 44.3 Å². The normalized spacial score (nSPS) is 13.5. The molecular formula is C54H32N6. The van der Waals surface area contributed by atoms with E-state index in [9.17, 15) is 0 Å². The lowest BCUT2D eigenvalue weighted by atomic mass is 9.71. The summed E-state index contributed by atoms with van der Waals surface area (Å²) in [6, 6.07) is 64.1. The molecule has 60 heavy (non-hydrogen) atoms. The minimum absolute atomic E-state index is 0.477. The number of rotatable bonds is 3. The Morgan fingerprint density at radius 1 is 0.383 bits per heavy atom. The summed E-state index contributed by atoms with van der Waals surface area (Å²) >= 11 is 0. The van der Waals surface area contributed by atoms with Gasteiger partial charge in [-0.25, -0.2) is 15.0 Å². The lowest BCUT2D eigenvalue weighted by molar-refractivity contribution is 0.795. The molecule has 1 spiro atoms. The maximum Gasteiger partial charge on any atom is 0.183 e. The van der Waals surface area contributed by atoms with Crippen molar-refractivity contribution in [3.8, 4) is 50.5 Å². The first-order valence-electron chi connectivity index (χ1n) is 20.4. The molecule has 7 aromatic carbocycles. The van der Waals surface area contributed by atoms with Crippen LogP contribution >= 0.6 is 0 Å². The Bertz CT molecular complexity index is 3750. The number of hydrogen-bond donors (Lipinski definition) is 0. The molecule has 278 valence electrons. The molecule has 2 aliphatic carbocycles. The fourth-order valence-electron chi connectivity index (χ4n) is 10.9. The van der Waals surface area contributed by atoms with Gasteiger partial charge in [-0.1, -0.05) is 133 Å². The Balaban J connectivity index is 0.993. The molecule has 12 aromatic rings. The van der Waals surface area contributed by atoms with Gasteiger partial charge >= 0.3 is 0 Å². The van der Waals surface area contributed by atoms with Crippen LogP contribution in [0.2, 0.25) is 0 Å². The fraction of sp³-hybridized carbons (Fsp3) is 0.0185. The largest absolute Gasteiger partial charge is 0.309 e. The van der Waals surface area contributed by atoms with Crippen molar-refractivity contribution in [1.82, 2.24) is 28.3 Å². The smallest absolute Gasteiger partial charge is 0.183 e. The molecule has 0 unspecified atom stereocenters. The van der Waals surface area contributed by atoms with E-state index >= 15 is 0 Å². The van der Waals surface area contributed by atoms with E-state index in [1.54, 1.807) is 12.4 Å². The second-order valence-electron chi connectivity index (χ2n) is 16.0. The number of aromatic nitrogens is 6. The lowest BCUT2D eigenvalue weighted by Gasteiger charge is -2.29. The van der Waals surface area contributed by atoms with E-state index in [-0.39, 0.29) is 0 Å². The predicted molar refractivity (Wildman–Crippen MR) is 241 cm³/mol. The van der Waals surface area contributed by atoms with Crippen molar-refractivity contribution in [2.75, 3.05) is 0 Å². The predicted octanol–water partition coefficient (Wildman–Crippen LogP) is 12.3. The van der Waals surface area contributed by atoms with Gasteiger partial charge in [-0.15, -0.1) is 0 Å². The molecule has 0 N–H and O–H groups in total. The third-order valence-electron chi connectivity index (χ3n) is 13.2. The maximum absolute atomic E-state index is 5.23. The highest BCUT2D eigenvalue weighted by molar-refractivity contribution is 6.10. The van der Waals surface area contributed by atoms with E-state index in [2.05, 4.69) is 189 Å². The Morgan fingerprint density at radius 2 is 1.00 bits per heavy atom. The molecule has 0 bridgehead atoms. The monoisotopic (exact) mass is 764 g/mol. The second-order valence-corrected chi connectivity index (χ2v) is 16.0. The summed E-state index contributed by atoms with van der Waals surface area (Å²) in [5.41, 5.74) is 20.9. The number of para-hydroxylation sites is 2. The van der Waals surface area contributed by atoms with Crippen LogP contribution in [0, 0.1) is 0 Å². The van der Waals surface area contributed by atoms with Gasteiger partial charge in [-0.05, 0) is 87.0 Å². The van der Waals surface area contributed by atoms with E-state index < -0.39 is 5.41 Å². The van der Waals surface area contributed by atoms with Gasteiger partial charge in [0.25, 0.3) is 0 Å². The summed E-state index contributed by atoms with van der Waals surface area (Å²) in [4.78, 5) is 15.4. The third kappa shape index (κ3) is 3.90. The van der Waals surface area contributed by atoms with Gasteiger partial charge in [0, 0.05) is 40.0 Å². The van der Waals surface area contributed by atoms with Gasteiger partial charge in [-0.3, -0.25) is 8.80 Å². The molecule has 0 amide bonds. The van der Waals surface area contributed by atoms with Crippen LogP contribution in [-0.4, -0.2) is 28.3 Å². The zero-order valence-corrected chi connectivity index (χ0v) is 32.2.